The second kappa shape index (κ2) is 5.77. The number of nitrogens with one attached hydrogen (secondary N) is 1. The van der Waals surface area contributed by atoms with Crippen LogP contribution < -0.4 is 15.2 Å². The number of rotatable bonds is 4. The molecule has 2 aromatic carbocycles. The molecular formula is C16H16N4O2. The number of hydrogen-bond donors (Lipinski definition) is 2. The van der Waals surface area contributed by atoms with E-state index in [1.165, 1.54) is 0 Å². The molecule has 1 heterocycles. The number of aromatic nitrogens is 3. The third-order valence-corrected chi connectivity index (χ3v) is 3.34. The van der Waals surface area contributed by atoms with Crippen LogP contribution in [0, 0.1) is 0 Å². The van der Waals surface area contributed by atoms with Crippen LogP contribution in [0.1, 0.15) is 0 Å². The van der Waals surface area contributed by atoms with Gasteiger partial charge in [0.1, 0.15) is 0 Å². The number of nitrogen functional groups attached to an aromatic ring is 1. The predicted molar refractivity (Wildman–Crippen MR) is 84.8 cm³/mol. The molecule has 0 fully saturated rings. The average Bonchev–Trinajstić information content (AvgIpc) is 3.04. The summed E-state index contributed by atoms with van der Waals surface area (Å²) in [6.45, 7) is 0. The van der Waals surface area contributed by atoms with Gasteiger partial charge in [0, 0.05) is 16.8 Å². The topological polar surface area (TPSA) is 86.0 Å². The van der Waals surface area contributed by atoms with Crippen LogP contribution in [-0.4, -0.2) is 29.4 Å². The third kappa shape index (κ3) is 2.46. The number of aromatic amines is 1. The van der Waals surface area contributed by atoms with Gasteiger partial charge in [-0.2, -0.15) is 5.10 Å². The maximum Gasteiger partial charge on any atom is 0.181 e. The van der Waals surface area contributed by atoms with Gasteiger partial charge >= 0.3 is 0 Å². The number of hydrogen-bond acceptors (Lipinski definition) is 5. The summed E-state index contributed by atoms with van der Waals surface area (Å²) in [5.41, 5.74) is 8.26. The number of H-pyrrole nitrogens is 1. The summed E-state index contributed by atoms with van der Waals surface area (Å²) in [7, 11) is 3.19. The van der Waals surface area contributed by atoms with E-state index < -0.39 is 0 Å². The van der Waals surface area contributed by atoms with E-state index in [-0.39, 0.29) is 0 Å². The van der Waals surface area contributed by atoms with Gasteiger partial charge in [0.05, 0.1) is 14.2 Å². The monoisotopic (exact) mass is 296 g/mol. The van der Waals surface area contributed by atoms with Crippen LogP contribution in [0.2, 0.25) is 0 Å². The van der Waals surface area contributed by atoms with Crippen LogP contribution in [0.3, 0.4) is 0 Å². The molecule has 0 spiro atoms. The summed E-state index contributed by atoms with van der Waals surface area (Å²) in [6, 6.07) is 13.0. The lowest BCUT2D eigenvalue weighted by atomic mass is 10.1. The average molecular weight is 296 g/mol. The molecule has 6 heteroatoms. The maximum absolute atomic E-state index is 5.96. The highest BCUT2D eigenvalue weighted by molar-refractivity contribution is 5.72. The fourth-order valence-electron chi connectivity index (χ4n) is 2.20. The van der Waals surface area contributed by atoms with Crippen molar-refractivity contribution < 1.29 is 9.47 Å². The molecule has 0 aliphatic heterocycles. The van der Waals surface area contributed by atoms with E-state index in [0.717, 1.165) is 11.1 Å². The van der Waals surface area contributed by atoms with Gasteiger partial charge in [-0.05, 0) is 30.3 Å². The van der Waals surface area contributed by atoms with Gasteiger partial charge in [0.25, 0.3) is 0 Å². The van der Waals surface area contributed by atoms with Crippen molar-refractivity contribution in [3.63, 3.8) is 0 Å². The fourth-order valence-corrected chi connectivity index (χ4v) is 2.20. The zero-order valence-corrected chi connectivity index (χ0v) is 12.3. The molecule has 0 saturated heterocycles. The van der Waals surface area contributed by atoms with E-state index in [1.54, 1.807) is 14.2 Å². The van der Waals surface area contributed by atoms with Gasteiger partial charge < -0.3 is 15.2 Å². The number of anilines is 1. The van der Waals surface area contributed by atoms with Gasteiger partial charge in [-0.1, -0.05) is 12.1 Å². The molecule has 0 unspecified atom stereocenters. The number of methoxy groups -OCH3 is 2. The first kappa shape index (κ1) is 13.9. The van der Waals surface area contributed by atoms with Gasteiger partial charge in [0.15, 0.2) is 23.1 Å². The standard InChI is InChI=1S/C16H16N4O2/c1-21-13-8-7-10(9-14(13)22-2)15-18-16(20-19-15)11-5-3-4-6-12(11)17/h3-9H,17H2,1-2H3,(H,18,19,20). The molecular weight excluding hydrogens is 280 g/mol. The minimum absolute atomic E-state index is 0.569. The summed E-state index contributed by atoms with van der Waals surface area (Å²) < 4.78 is 10.5. The zero-order valence-electron chi connectivity index (χ0n) is 12.3. The van der Waals surface area contributed by atoms with Crippen molar-refractivity contribution in [2.24, 2.45) is 0 Å². The Hall–Kier alpha value is -3.02. The van der Waals surface area contributed by atoms with Crippen molar-refractivity contribution in [1.82, 2.24) is 15.2 Å². The fraction of sp³-hybridized carbons (Fsp3) is 0.125. The molecule has 22 heavy (non-hydrogen) atoms. The lowest BCUT2D eigenvalue weighted by molar-refractivity contribution is 0.355. The Morgan fingerprint density at radius 3 is 2.50 bits per heavy atom. The number of nitrogens with zero attached hydrogens (tertiary/aromatic N) is 2. The highest BCUT2D eigenvalue weighted by Gasteiger charge is 2.12. The Labute approximate surface area is 127 Å². The van der Waals surface area contributed by atoms with Gasteiger partial charge in [-0.15, -0.1) is 0 Å². The third-order valence-electron chi connectivity index (χ3n) is 3.34. The van der Waals surface area contributed by atoms with Crippen LogP contribution in [-0.2, 0) is 0 Å². The smallest absolute Gasteiger partial charge is 0.181 e. The first-order valence-electron chi connectivity index (χ1n) is 6.72. The second-order valence-electron chi connectivity index (χ2n) is 4.66. The second-order valence-corrected chi connectivity index (χ2v) is 4.66. The normalized spacial score (nSPS) is 10.5. The zero-order chi connectivity index (χ0) is 15.5. The van der Waals surface area contributed by atoms with Crippen molar-refractivity contribution >= 4 is 5.69 Å². The van der Waals surface area contributed by atoms with Crippen molar-refractivity contribution in [1.29, 1.82) is 0 Å². The lowest BCUT2D eigenvalue weighted by Crippen LogP contribution is -1.92. The molecule has 0 bridgehead atoms. The van der Waals surface area contributed by atoms with E-state index in [9.17, 15) is 0 Å². The summed E-state index contributed by atoms with van der Waals surface area (Å²) in [4.78, 5) is 4.50. The number of nitrogens with two attached hydrogens (primary N) is 1. The molecule has 3 aromatic rings. The van der Waals surface area contributed by atoms with Crippen molar-refractivity contribution in [2.75, 3.05) is 20.0 Å². The summed E-state index contributed by atoms with van der Waals surface area (Å²) in [6.07, 6.45) is 0. The molecule has 0 amide bonds. The molecule has 0 aliphatic carbocycles. The van der Waals surface area contributed by atoms with E-state index in [4.69, 9.17) is 15.2 Å². The van der Waals surface area contributed by atoms with Crippen LogP contribution in [0.5, 0.6) is 11.5 Å². The largest absolute Gasteiger partial charge is 0.493 e. The summed E-state index contributed by atoms with van der Waals surface area (Å²) >= 11 is 0. The highest BCUT2D eigenvalue weighted by atomic mass is 16.5. The Morgan fingerprint density at radius 2 is 1.77 bits per heavy atom. The molecule has 0 radical (unpaired) electrons. The first-order chi connectivity index (χ1) is 10.7. The summed E-state index contributed by atoms with van der Waals surface area (Å²) in [5, 5.41) is 7.16. The van der Waals surface area contributed by atoms with Crippen molar-refractivity contribution in [3.05, 3.63) is 42.5 Å². The molecule has 0 aliphatic rings. The molecule has 1 aromatic heterocycles. The Kier molecular flexibility index (Phi) is 3.65. The van der Waals surface area contributed by atoms with E-state index in [2.05, 4.69) is 15.2 Å². The molecule has 0 saturated carbocycles. The lowest BCUT2D eigenvalue weighted by Gasteiger charge is -2.07. The number of para-hydroxylation sites is 1. The molecule has 3 rings (SSSR count). The van der Waals surface area contributed by atoms with Crippen molar-refractivity contribution in [3.8, 4) is 34.3 Å². The van der Waals surface area contributed by atoms with E-state index in [0.29, 0.717) is 28.8 Å². The highest BCUT2D eigenvalue weighted by Crippen LogP contribution is 2.32. The quantitative estimate of drug-likeness (QED) is 0.723. The Balaban J connectivity index is 1.99. The molecule has 3 N–H and O–H groups in total. The van der Waals surface area contributed by atoms with Gasteiger partial charge in [-0.25, -0.2) is 4.98 Å². The molecule has 112 valence electrons. The Morgan fingerprint density at radius 1 is 1.00 bits per heavy atom. The first-order valence-corrected chi connectivity index (χ1v) is 6.72. The Bertz CT molecular complexity index is 798. The van der Waals surface area contributed by atoms with Gasteiger partial charge in [0.2, 0.25) is 0 Å². The SMILES string of the molecule is COc1ccc(-c2n[nH]c(-c3ccccc3N)n2)cc1OC. The number of ether oxygens (including phenoxy) is 2. The van der Waals surface area contributed by atoms with Crippen LogP contribution in [0.4, 0.5) is 5.69 Å². The van der Waals surface area contributed by atoms with Crippen LogP contribution in [0.25, 0.3) is 22.8 Å². The molecule has 6 nitrogen and oxygen atoms in total. The van der Waals surface area contributed by atoms with E-state index >= 15 is 0 Å². The van der Waals surface area contributed by atoms with Gasteiger partial charge in [-0.3, -0.25) is 5.10 Å². The summed E-state index contributed by atoms with van der Waals surface area (Å²) in [5.74, 6) is 2.49. The molecule has 0 atom stereocenters. The van der Waals surface area contributed by atoms with Crippen molar-refractivity contribution in [2.45, 2.75) is 0 Å². The van der Waals surface area contributed by atoms with Crippen LogP contribution >= 0.6 is 0 Å². The van der Waals surface area contributed by atoms with Crippen LogP contribution in [0.15, 0.2) is 42.5 Å². The minimum Gasteiger partial charge on any atom is -0.493 e. The maximum atomic E-state index is 5.96. The minimum atomic E-state index is 0.569. The number of benzene rings is 2. The predicted octanol–water partition coefficient (Wildman–Crippen LogP) is 2.74. The van der Waals surface area contributed by atoms with E-state index in [1.807, 2.05) is 42.5 Å².